The molecule has 1 saturated carbocycles. The Bertz CT molecular complexity index is 796. The summed E-state index contributed by atoms with van der Waals surface area (Å²) < 4.78 is 7.35. The van der Waals surface area contributed by atoms with Gasteiger partial charge in [0.2, 0.25) is 11.8 Å². The quantitative estimate of drug-likeness (QED) is 0.692. The van der Waals surface area contributed by atoms with Crippen LogP contribution < -0.4 is 0 Å². The van der Waals surface area contributed by atoms with E-state index in [2.05, 4.69) is 33.3 Å². The van der Waals surface area contributed by atoms with Gasteiger partial charge in [-0.15, -0.1) is 0 Å². The summed E-state index contributed by atoms with van der Waals surface area (Å²) >= 11 is 0. The number of likely N-dealkylation sites (tertiary alicyclic amines) is 1. The topological polar surface area (TPSA) is 80.3 Å². The highest BCUT2D eigenvalue weighted by Crippen LogP contribution is 2.35. The van der Waals surface area contributed by atoms with Crippen molar-refractivity contribution in [1.29, 1.82) is 0 Å². The second-order valence-corrected chi connectivity index (χ2v) is 8.02. The maximum atomic E-state index is 12.3. The third-order valence-corrected chi connectivity index (χ3v) is 6.02. The lowest BCUT2D eigenvalue weighted by atomic mass is 9.85. The molecule has 0 aromatic carbocycles. The fourth-order valence-electron chi connectivity index (χ4n) is 4.14. The van der Waals surface area contributed by atoms with Gasteiger partial charge in [0.25, 0.3) is 0 Å². The molecule has 0 spiro atoms. The van der Waals surface area contributed by atoms with Crippen LogP contribution in [0.4, 0.5) is 0 Å². The van der Waals surface area contributed by atoms with Gasteiger partial charge in [-0.25, -0.2) is 0 Å². The van der Waals surface area contributed by atoms with Gasteiger partial charge in [0.15, 0.2) is 5.82 Å². The van der Waals surface area contributed by atoms with Crippen molar-refractivity contribution in [1.82, 2.24) is 29.7 Å². The molecule has 0 radical (unpaired) electrons. The zero-order chi connectivity index (χ0) is 19.5. The van der Waals surface area contributed by atoms with E-state index in [0.717, 1.165) is 57.2 Å². The van der Waals surface area contributed by atoms with Gasteiger partial charge in [-0.2, -0.15) is 10.1 Å². The predicted molar refractivity (Wildman–Crippen MR) is 104 cm³/mol. The van der Waals surface area contributed by atoms with E-state index in [1.54, 1.807) is 6.92 Å². The summed E-state index contributed by atoms with van der Waals surface area (Å²) in [6.07, 6.45) is 9.24. The zero-order valence-corrected chi connectivity index (χ0v) is 16.9. The van der Waals surface area contributed by atoms with Gasteiger partial charge in [0.05, 0.1) is 6.20 Å². The first-order chi connectivity index (χ1) is 13.6. The van der Waals surface area contributed by atoms with E-state index in [-0.39, 0.29) is 11.9 Å². The van der Waals surface area contributed by atoms with Gasteiger partial charge in [0, 0.05) is 69.8 Å². The minimum atomic E-state index is 0.119. The molecule has 3 heterocycles. The van der Waals surface area contributed by atoms with Crippen LogP contribution in [0.1, 0.15) is 62.7 Å². The van der Waals surface area contributed by atoms with Gasteiger partial charge in [-0.05, 0) is 26.2 Å². The number of rotatable bonds is 8. The monoisotopic (exact) mass is 386 g/mol. The average molecular weight is 387 g/mol. The minimum Gasteiger partial charge on any atom is -0.339 e. The van der Waals surface area contributed by atoms with Gasteiger partial charge in [-0.3, -0.25) is 14.4 Å². The third-order valence-electron chi connectivity index (χ3n) is 6.02. The molecule has 1 atom stereocenters. The van der Waals surface area contributed by atoms with Crippen molar-refractivity contribution in [3.05, 3.63) is 29.7 Å². The summed E-state index contributed by atoms with van der Waals surface area (Å²) in [5, 5.41) is 8.46. The van der Waals surface area contributed by atoms with Crippen molar-refractivity contribution < 1.29 is 9.32 Å². The summed E-state index contributed by atoms with van der Waals surface area (Å²) in [5.41, 5.74) is 1.23. The first-order valence-corrected chi connectivity index (χ1v) is 10.5. The lowest BCUT2D eigenvalue weighted by Gasteiger charge is -2.27. The van der Waals surface area contributed by atoms with E-state index < -0.39 is 0 Å². The number of hydrogen-bond acceptors (Lipinski definition) is 6. The van der Waals surface area contributed by atoms with Crippen LogP contribution in [0.2, 0.25) is 0 Å². The van der Waals surface area contributed by atoms with Gasteiger partial charge in [-0.1, -0.05) is 11.6 Å². The van der Waals surface area contributed by atoms with Crippen LogP contribution in [0.25, 0.3) is 0 Å². The van der Waals surface area contributed by atoms with Crippen molar-refractivity contribution in [3.8, 4) is 0 Å². The molecule has 1 aliphatic heterocycles. The van der Waals surface area contributed by atoms with Gasteiger partial charge < -0.3 is 9.42 Å². The molecule has 8 heteroatoms. The zero-order valence-electron chi connectivity index (χ0n) is 16.9. The van der Waals surface area contributed by atoms with Gasteiger partial charge in [0.1, 0.15) is 0 Å². The lowest BCUT2D eigenvalue weighted by molar-refractivity contribution is -0.130. The predicted octanol–water partition coefficient (Wildman–Crippen LogP) is 2.22. The van der Waals surface area contributed by atoms with E-state index >= 15 is 0 Å². The van der Waals surface area contributed by atoms with Crippen LogP contribution in [-0.4, -0.2) is 61.3 Å². The molecule has 1 amide bonds. The highest BCUT2D eigenvalue weighted by molar-refractivity contribution is 5.73. The summed E-state index contributed by atoms with van der Waals surface area (Å²) in [7, 11) is 0. The summed E-state index contributed by atoms with van der Waals surface area (Å²) in [6.45, 7) is 8.06. The maximum Gasteiger partial charge on any atom is 0.229 e. The van der Waals surface area contributed by atoms with Crippen molar-refractivity contribution >= 4 is 5.91 Å². The van der Waals surface area contributed by atoms with E-state index in [0.29, 0.717) is 18.9 Å². The Labute approximate surface area is 165 Å². The Hall–Kier alpha value is -2.22. The highest BCUT2D eigenvalue weighted by atomic mass is 16.5. The fourth-order valence-corrected chi connectivity index (χ4v) is 4.14. The molecule has 2 aliphatic rings. The second-order valence-electron chi connectivity index (χ2n) is 8.02. The van der Waals surface area contributed by atoms with E-state index in [9.17, 15) is 4.79 Å². The van der Waals surface area contributed by atoms with Crippen LogP contribution in [-0.2, 0) is 24.3 Å². The molecule has 0 unspecified atom stereocenters. The number of carbonyl (C=O) groups excluding carboxylic acids is 1. The van der Waals surface area contributed by atoms with Crippen molar-refractivity contribution in [2.75, 3.05) is 19.6 Å². The van der Waals surface area contributed by atoms with Crippen LogP contribution in [0, 0.1) is 0 Å². The van der Waals surface area contributed by atoms with Crippen LogP contribution in [0.5, 0.6) is 0 Å². The fraction of sp³-hybridized carbons (Fsp3) is 0.700. The second kappa shape index (κ2) is 8.43. The molecule has 1 aliphatic carbocycles. The molecule has 2 fully saturated rings. The molecular weight excluding hydrogens is 356 g/mol. The molecule has 28 heavy (non-hydrogen) atoms. The number of aryl methyl sites for hydroxylation is 1. The molecule has 2 aromatic rings. The molecule has 152 valence electrons. The maximum absolute atomic E-state index is 12.3. The molecular formula is C20H30N6O2. The Morgan fingerprint density at radius 1 is 1.36 bits per heavy atom. The first-order valence-electron chi connectivity index (χ1n) is 10.5. The van der Waals surface area contributed by atoms with Crippen LogP contribution in [0.3, 0.4) is 0 Å². The molecule has 2 aromatic heterocycles. The molecule has 0 N–H and O–H groups in total. The molecule has 4 rings (SSSR count). The van der Waals surface area contributed by atoms with Crippen molar-refractivity contribution in [2.45, 2.75) is 71.0 Å². The molecule has 8 nitrogen and oxygen atoms in total. The SMILES string of the molecule is CCn1cc(CN2CC[C@H](N(CCc3noc(C4CCC4)n3)C(C)=O)C2)cn1. The number of amides is 1. The number of carbonyl (C=O) groups is 1. The highest BCUT2D eigenvalue weighted by Gasteiger charge is 2.30. The average Bonchev–Trinajstić information content (AvgIpc) is 3.36. The molecule has 1 saturated heterocycles. The third kappa shape index (κ3) is 4.27. The minimum absolute atomic E-state index is 0.119. The van der Waals surface area contributed by atoms with Crippen LogP contribution >= 0.6 is 0 Å². The number of hydrogen-bond donors (Lipinski definition) is 0. The Balaban J connectivity index is 1.30. The first kappa shape index (κ1) is 19.1. The van der Waals surface area contributed by atoms with E-state index in [1.807, 2.05) is 15.8 Å². The van der Waals surface area contributed by atoms with Crippen molar-refractivity contribution in [2.24, 2.45) is 0 Å². The molecule has 0 bridgehead atoms. The number of nitrogens with zero attached hydrogens (tertiary/aromatic N) is 6. The Morgan fingerprint density at radius 2 is 2.21 bits per heavy atom. The number of aromatic nitrogens is 4. The summed E-state index contributed by atoms with van der Waals surface area (Å²) in [4.78, 5) is 21.2. The normalized spacial score (nSPS) is 20.4. The Kier molecular flexibility index (Phi) is 5.75. The smallest absolute Gasteiger partial charge is 0.229 e. The lowest BCUT2D eigenvalue weighted by Crippen LogP contribution is -2.42. The van der Waals surface area contributed by atoms with E-state index in [4.69, 9.17) is 4.52 Å². The summed E-state index contributed by atoms with van der Waals surface area (Å²) in [5.74, 6) is 2.06. The van der Waals surface area contributed by atoms with Gasteiger partial charge >= 0.3 is 0 Å². The van der Waals surface area contributed by atoms with E-state index in [1.165, 1.54) is 12.0 Å². The largest absolute Gasteiger partial charge is 0.339 e. The van der Waals surface area contributed by atoms with Crippen molar-refractivity contribution in [3.63, 3.8) is 0 Å². The Morgan fingerprint density at radius 3 is 2.89 bits per heavy atom. The summed E-state index contributed by atoms with van der Waals surface area (Å²) in [6, 6.07) is 0.247. The van der Waals surface area contributed by atoms with Crippen LogP contribution in [0.15, 0.2) is 16.9 Å². The standard InChI is InChI=1S/C20H30N6O2/c1-3-25-13-16(11-21-25)12-24-9-7-18(14-24)26(15(2)27)10-8-19-22-20(28-23-19)17-5-4-6-17/h11,13,17-18H,3-10,12,14H2,1-2H3/t18-/m0/s1.